The van der Waals surface area contributed by atoms with E-state index in [9.17, 15) is 4.79 Å². The molecule has 0 aliphatic carbocycles. The standard InChI is InChI=1S/C13H16N4O2/c1-17-8-9(7-14)12(16-17)15-13(18)10-5-3-4-6-11(10)19-2/h3-6,8H,7,14H2,1-2H3,(H,15,16,18). The number of aryl methyl sites for hydroxylation is 1. The van der Waals surface area contributed by atoms with E-state index in [0.29, 0.717) is 23.7 Å². The summed E-state index contributed by atoms with van der Waals surface area (Å²) in [6.45, 7) is 0.315. The predicted molar refractivity (Wildman–Crippen MR) is 72.0 cm³/mol. The Morgan fingerprint density at radius 1 is 1.47 bits per heavy atom. The van der Waals surface area contributed by atoms with Crippen LogP contribution in [0, 0.1) is 0 Å². The van der Waals surface area contributed by atoms with Crippen molar-refractivity contribution in [3.63, 3.8) is 0 Å². The largest absolute Gasteiger partial charge is 0.496 e. The molecular formula is C13H16N4O2. The molecule has 0 spiro atoms. The van der Waals surface area contributed by atoms with Gasteiger partial charge in [-0.05, 0) is 12.1 Å². The Morgan fingerprint density at radius 2 is 2.21 bits per heavy atom. The van der Waals surface area contributed by atoms with Crippen LogP contribution in [0.4, 0.5) is 5.82 Å². The van der Waals surface area contributed by atoms with E-state index in [4.69, 9.17) is 10.5 Å². The van der Waals surface area contributed by atoms with Crippen molar-refractivity contribution in [2.45, 2.75) is 6.54 Å². The zero-order chi connectivity index (χ0) is 13.8. The molecular weight excluding hydrogens is 244 g/mol. The number of anilines is 1. The van der Waals surface area contributed by atoms with Gasteiger partial charge in [-0.15, -0.1) is 0 Å². The third-order valence-electron chi connectivity index (χ3n) is 2.71. The summed E-state index contributed by atoms with van der Waals surface area (Å²) in [6.07, 6.45) is 1.78. The Hall–Kier alpha value is -2.34. The summed E-state index contributed by atoms with van der Waals surface area (Å²) >= 11 is 0. The van der Waals surface area contributed by atoms with Crippen LogP contribution < -0.4 is 15.8 Å². The number of para-hydroxylation sites is 1. The Morgan fingerprint density at radius 3 is 2.89 bits per heavy atom. The fraction of sp³-hybridized carbons (Fsp3) is 0.231. The van der Waals surface area contributed by atoms with E-state index in [1.54, 1.807) is 36.1 Å². The molecule has 3 N–H and O–H groups in total. The number of carbonyl (C=O) groups is 1. The van der Waals surface area contributed by atoms with Crippen molar-refractivity contribution in [2.24, 2.45) is 12.8 Å². The Balaban J connectivity index is 2.25. The van der Waals surface area contributed by atoms with E-state index in [-0.39, 0.29) is 5.91 Å². The van der Waals surface area contributed by atoms with Crippen molar-refractivity contribution < 1.29 is 9.53 Å². The second kappa shape index (κ2) is 5.53. The van der Waals surface area contributed by atoms with E-state index < -0.39 is 0 Å². The highest BCUT2D eigenvalue weighted by Gasteiger charge is 2.15. The highest BCUT2D eigenvalue weighted by atomic mass is 16.5. The van der Waals surface area contributed by atoms with Crippen LogP contribution in [0.25, 0.3) is 0 Å². The lowest BCUT2D eigenvalue weighted by atomic mass is 10.2. The first kappa shape index (κ1) is 13.1. The first-order valence-electron chi connectivity index (χ1n) is 5.82. The van der Waals surface area contributed by atoms with Gasteiger partial charge < -0.3 is 15.8 Å². The second-order valence-corrected chi connectivity index (χ2v) is 4.04. The number of rotatable bonds is 4. The molecule has 1 amide bonds. The monoisotopic (exact) mass is 260 g/mol. The average molecular weight is 260 g/mol. The summed E-state index contributed by atoms with van der Waals surface area (Å²) < 4.78 is 6.77. The maximum atomic E-state index is 12.2. The third kappa shape index (κ3) is 2.74. The van der Waals surface area contributed by atoms with Crippen LogP contribution in [0.2, 0.25) is 0 Å². The lowest BCUT2D eigenvalue weighted by molar-refractivity contribution is 0.102. The van der Waals surface area contributed by atoms with Crippen molar-refractivity contribution in [1.82, 2.24) is 9.78 Å². The summed E-state index contributed by atoms with van der Waals surface area (Å²) in [5.41, 5.74) is 6.85. The molecule has 1 aromatic carbocycles. The van der Waals surface area contributed by atoms with Gasteiger partial charge >= 0.3 is 0 Å². The second-order valence-electron chi connectivity index (χ2n) is 4.04. The van der Waals surface area contributed by atoms with Crippen LogP contribution in [-0.4, -0.2) is 22.8 Å². The van der Waals surface area contributed by atoms with Crippen molar-refractivity contribution >= 4 is 11.7 Å². The fourth-order valence-electron chi connectivity index (χ4n) is 1.80. The van der Waals surface area contributed by atoms with E-state index in [1.165, 1.54) is 7.11 Å². The minimum absolute atomic E-state index is 0.272. The molecule has 2 rings (SSSR count). The van der Waals surface area contributed by atoms with Crippen LogP contribution in [0.3, 0.4) is 0 Å². The number of aromatic nitrogens is 2. The van der Waals surface area contributed by atoms with Gasteiger partial charge in [0.05, 0.1) is 12.7 Å². The predicted octanol–water partition coefficient (Wildman–Crippen LogP) is 1.14. The summed E-state index contributed by atoms with van der Waals surface area (Å²) in [5.74, 6) is 0.719. The molecule has 0 aliphatic rings. The molecule has 2 aromatic rings. The molecule has 0 bridgehead atoms. The molecule has 6 nitrogen and oxygen atoms in total. The molecule has 0 atom stereocenters. The number of hydrogen-bond acceptors (Lipinski definition) is 4. The SMILES string of the molecule is COc1ccccc1C(=O)Nc1nn(C)cc1CN. The van der Waals surface area contributed by atoms with Gasteiger partial charge in [0.1, 0.15) is 5.75 Å². The number of hydrogen-bond donors (Lipinski definition) is 2. The van der Waals surface area contributed by atoms with Gasteiger partial charge in [-0.25, -0.2) is 0 Å². The minimum atomic E-state index is -0.272. The van der Waals surface area contributed by atoms with Gasteiger partial charge in [-0.3, -0.25) is 9.48 Å². The van der Waals surface area contributed by atoms with Crippen molar-refractivity contribution in [3.05, 3.63) is 41.6 Å². The molecule has 0 saturated heterocycles. The van der Waals surface area contributed by atoms with E-state index >= 15 is 0 Å². The van der Waals surface area contributed by atoms with Gasteiger partial charge in [0.15, 0.2) is 5.82 Å². The van der Waals surface area contributed by atoms with Crippen molar-refractivity contribution in [2.75, 3.05) is 12.4 Å². The summed E-state index contributed by atoms with van der Waals surface area (Å²) in [7, 11) is 3.30. The Labute approximate surface area is 111 Å². The number of nitrogens with one attached hydrogen (secondary N) is 1. The molecule has 1 heterocycles. The molecule has 0 unspecified atom stereocenters. The maximum Gasteiger partial charge on any atom is 0.260 e. The molecule has 0 aliphatic heterocycles. The van der Waals surface area contributed by atoms with E-state index in [0.717, 1.165) is 5.56 Å². The molecule has 0 saturated carbocycles. The lowest BCUT2D eigenvalue weighted by Crippen LogP contribution is -2.15. The summed E-state index contributed by atoms with van der Waals surface area (Å²) in [5, 5.41) is 6.91. The number of methoxy groups -OCH3 is 1. The minimum Gasteiger partial charge on any atom is -0.496 e. The topological polar surface area (TPSA) is 82.2 Å². The average Bonchev–Trinajstić information content (AvgIpc) is 2.78. The molecule has 1 aromatic heterocycles. The van der Waals surface area contributed by atoms with E-state index in [2.05, 4.69) is 10.4 Å². The Bertz CT molecular complexity index is 592. The first-order valence-corrected chi connectivity index (χ1v) is 5.82. The maximum absolute atomic E-state index is 12.2. The van der Waals surface area contributed by atoms with Crippen molar-refractivity contribution in [3.8, 4) is 5.75 Å². The number of nitrogens with zero attached hydrogens (tertiary/aromatic N) is 2. The van der Waals surface area contributed by atoms with Gasteiger partial charge in [-0.1, -0.05) is 12.1 Å². The zero-order valence-electron chi connectivity index (χ0n) is 10.9. The van der Waals surface area contributed by atoms with Crippen LogP contribution in [0.1, 0.15) is 15.9 Å². The van der Waals surface area contributed by atoms with Gasteiger partial charge in [0, 0.05) is 25.4 Å². The molecule has 0 fully saturated rings. The van der Waals surface area contributed by atoms with Crippen LogP contribution in [0.5, 0.6) is 5.75 Å². The van der Waals surface area contributed by atoms with Gasteiger partial charge in [0.2, 0.25) is 0 Å². The highest BCUT2D eigenvalue weighted by molar-refractivity contribution is 6.06. The quantitative estimate of drug-likeness (QED) is 0.863. The summed E-state index contributed by atoms with van der Waals surface area (Å²) in [4.78, 5) is 12.2. The lowest BCUT2D eigenvalue weighted by Gasteiger charge is -2.08. The van der Waals surface area contributed by atoms with E-state index in [1.807, 2.05) is 6.07 Å². The van der Waals surface area contributed by atoms with Crippen LogP contribution in [0.15, 0.2) is 30.5 Å². The fourth-order valence-corrected chi connectivity index (χ4v) is 1.80. The highest BCUT2D eigenvalue weighted by Crippen LogP contribution is 2.19. The van der Waals surface area contributed by atoms with Gasteiger partial charge in [-0.2, -0.15) is 5.10 Å². The Kier molecular flexibility index (Phi) is 3.82. The normalized spacial score (nSPS) is 10.3. The molecule has 0 radical (unpaired) electrons. The zero-order valence-corrected chi connectivity index (χ0v) is 10.9. The molecule has 100 valence electrons. The van der Waals surface area contributed by atoms with Crippen molar-refractivity contribution in [1.29, 1.82) is 0 Å². The smallest absolute Gasteiger partial charge is 0.260 e. The van der Waals surface area contributed by atoms with Crippen LogP contribution in [-0.2, 0) is 13.6 Å². The first-order chi connectivity index (χ1) is 9.15. The molecule has 19 heavy (non-hydrogen) atoms. The third-order valence-corrected chi connectivity index (χ3v) is 2.71. The number of benzene rings is 1. The number of amides is 1. The number of carbonyl (C=O) groups excluding carboxylic acids is 1. The van der Waals surface area contributed by atoms with Crippen LogP contribution >= 0.6 is 0 Å². The number of ether oxygens (including phenoxy) is 1. The summed E-state index contributed by atoms with van der Waals surface area (Å²) in [6, 6.07) is 7.01. The molecule has 6 heteroatoms. The van der Waals surface area contributed by atoms with Gasteiger partial charge in [0.25, 0.3) is 5.91 Å². The number of nitrogens with two attached hydrogens (primary N) is 1.